The molecule has 2 aromatic heterocycles. The maximum atomic E-state index is 13.2. The van der Waals surface area contributed by atoms with E-state index < -0.39 is 5.82 Å². The molecule has 0 bridgehead atoms. The highest BCUT2D eigenvalue weighted by atomic mass is 35.5. The van der Waals surface area contributed by atoms with Crippen LogP contribution in [0.5, 0.6) is 0 Å². The molecule has 0 amide bonds. The molecule has 0 unspecified atom stereocenters. The van der Waals surface area contributed by atoms with Crippen molar-refractivity contribution in [2.75, 3.05) is 10.6 Å². The molecule has 2 heterocycles. The van der Waals surface area contributed by atoms with Crippen LogP contribution in [0.4, 0.5) is 27.7 Å². The predicted molar refractivity (Wildman–Crippen MR) is 93.9 cm³/mol. The van der Waals surface area contributed by atoms with Gasteiger partial charge in [-0.25, -0.2) is 14.4 Å². The quantitative estimate of drug-likeness (QED) is 0.512. The molecule has 0 aliphatic rings. The van der Waals surface area contributed by atoms with Gasteiger partial charge in [0.25, 0.3) is 0 Å². The van der Waals surface area contributed by atoms with Crippen molar-refractivity contribution in [1.29, 1.82) is 0 Å². The third kappa shape index (κ3) is 3.33. The summed E-state index contributed by atoms with van der Waals surface area (Å²) in [6.45, 7) is 0. The van der Waals surface area contributed by atoms with Crippen LogP contribution in [0.3, 0.4) is 0 Å². The Bertz CT molecular complexity index is 1050. The van der Waals surface area contributed by atoms with Gasteiger partial charge in [0.2, 0.25) is 11.9 Å². The molecule has 4 aromatic rings. The maximum absolute atomic E-state index is 13.2. The Morgan fingerprint density at radius 1 is 0.960 bits per heavy atom. The van der Waals surface area contributed by atoms with E-state index in [0.717, 1.165) is 16.6 Å². The molecule has 9 heteroatoms. The van der Waals surface area contributed by atoms with Crippen molar-refractivity contribution in [3.63, 3.8) is 0 Å². The summed E-state index contributed by atoms with van der Waals surface area (Å²) < 4.78 is 13.2. The minimum absolute atomic E-state index is 0.0193. The molecular weight excluding hydrogens is 345 g/mol. The molecule has 124 valence electrons. The first-order chi connectivity index (χ1) is 12.2. The van der Waals surface area contributed by atoms with E-state index in [9.17, 15) is 4.39 Å². The van der Waals surface area contributed by atoms with Crippen molar-refractivity contribution in [3.8, 4) is 0 Å². The normalized spacial score (nSPS) is 10.8. The smallest absolute Gasteiger partial charge is 0.232 e. The van der Waals surface area contributed by atoms with E-state index in [1.54, 1.807) is 12.3 Å². The Morgan fingerprint density at radius 3 is 2.44 bits per heavy atom. The molecule has 0 aliphatic heterocycles. The predicted octanol–water partition coefficient (Wildman–Crippen LogP) is 4.03. The fraction of sp³-hybridized carbons (Fsp3) is 0. The van der Waals surface area contributed by atoms with Crippen molar-refractivity contribution in [3.05, 3.63) is 59.8 Å². The molecule has 0 saturated carbocycles. The zero-order chi connectivity index (χ0) is 17.2. The molecule has 4 rings (SSSR count). The van der Waals surface area contributed by atoms with E-state index >= 15 is 0 Å². The standard InChI is InChI=1S/C16H11ClFN7/c17-12-6-11(1-3-13(12)18)23-16-20-8-19-15(24-16)22-10-2-4-14-9(5-10)7-21-25-14/h1-8H,(H,21,25)(H2,19,20,22,23,24). The van der Waals surface area contributed by atoms with Gasteiger partial charge in [-0.05, 0) is 36.4 Å². The fourth-order valence-corrected chi connectivity index (χ4v) is 2.45. The van der Waals surface area contributed by atoms with Crippen LogP contribution in [0.1, 0.15) is 0 Å². The minimum Gasteiger partial charge on any atom is -0.324 e. The van der Waals surface area contributed by atoms with Gasteiger partial charge >= 0.3 is 0 Å². The average Bonchev–Trinajstić information content (AvgIpc) is 3.06. The second-order valence-corrected chi connectivity index (χ2v) is 5.59. The lowest BCUT2D eigenvalue weighted by molar-refractivity contribution is 0.628. The lowest BCUT2D eigenvalue weighted by Crippen LogP contribution is -2.02. The van der Waals surface area contributed by atoms with Gasteiger partial charge in [0.15, 0.2) is 0 Å². The maximum Gasteiger partial charge on any atom is 0.232 e. The van der Waals surface area contributed by atoms with Crippen LogP contribution < -0.4 is 10.6 Å². The number of fused-ring (bicyclic) bond motifs is 1. The number of nitrogens with one attached hydrogen (secondary N) is 3. The highest BCUT2D eigenvalue weighted by molar-refractivity contribution is 6.31. The number of hydrogen-bond acceptors (Lipinski definition) is 6. The Kier molecular flexibility index (Phi) is 3.87. The van der Waals surface area contributed by atoms with Gasteiger partial charge < -0.3 is 10.6 Å². The third-order valence-corrected chi connectivity index (χ3v) is 3.73. The molecule has 2 aromatic carbocycles. The zero-order valence-corrected chi connectivity index (χ0v) is 13.4. The highest BCUT2D eigenvalue weighted by Gasteiger charge is 2.05. The molecule has 0 aliphatic carbocycles. The molecule has 25 heavy (non-hydrogen) atoms. The number of halogens is 2. The Balaban J connectivity index is 1.55. The number of H-pyrrole nitrogens is 1. The Labute approximate surface area is 146 Å². The average molecular weight is 356 g/mol. The molecule has 0 spiro atoms. The van der Waals surface area contributed by atoms with E-state index in [2.05, 4.69) is 35.8 Å². The second-order valence-electron chi connectivity index (χ2n) is 5.18. The third-order valence-electron chi connectivity index (χ3n) is 3.44. The number of rotatable bonds is 4. The van der Waals surface area contributed by atoms with Gasteiger partial charge in [-0.15, -0.1) is 0 Å². The van der Waals surface area contributed by atoms with Crippen LogP contribution in [-0.4, -0.2) is 25.1 Å². The summed E-state index contributed by atoms with van der Waals surface area (Å²) in [5.41, 5.74) is 2.33. The van der Waals surface area contributed by atoms with E-state index in [0.29, 0.717) is 17.6 Å². The van der Waals surface area contributed by atoms with Gasteiger partial charge in [0, 0.05) is 16.8 Å². The Hall–Kier alpha value is -3.26. The molecule has 0 saturated heterocycles. The second kappa shape index (κ2) is 6.33. The van der Waals surface area contributed by atoms with Crippen molar-refractivity contribution >= 4 is 45.8 Å². The highest BCUT2D eigenvalue weighted by Crippen LogP contribution is 2.22. The number of benzene rings is 2. The number of anilines is 4. The molecular formula is C16H11ClFN7. The van der Waals surface area contributed by atoms with E-state index in [1.165, 1.54) is 18.5 Å². The first-order valence-electron chi connectivity index (χ1n) is 7.29. The monoisotopic (exact) mass is 355 g/mol. The van der Waals surface area contributed by atoms with Gasteiger partial charge in [0.05, 0.1) is 16.7 Å². The first kappa shape index (κ1) is 15.3. The van der Waals surface area contributed by atoms with Gasteiger partial charge in [-0.3, -0.25) is 5.10 Å². The molecule has 0 radical (unpaired) electrons. The molecule has 0 atom stereocenters. The summed E-state index contributed by atoms with van der Waals surface area (Å²) in [6.07, 6.45) is 3.11. The van der Waals surface area contributed by atoms with Gasteiger partial charge in [-0.1, -0.05) is 11.6 Å². The van der Waals surface area contributed by atoms with E-state index in [4.69, 9.17) is 11.6 Å². The number of hydrogen-bond donors (Lipinski definition) is 3. The summed E-state index contributed by atoms with van der Waals surface area (Å²) in [5, 5.41) is 13.9. The largest absolute Gasteiger partial charge is 0.324 e. The lowest BCUT2D eigenvalue weighted by Gasteiger charge is -2.08. The van der Waals surface area contributed by atoms with Gasteiger partial charge in [0.1, 0.15) is 12.1 Å². The van der Waals surface area contributed by atoms with Crippen molar-refractivity contribution < 1.29 is 4.39 Å². The van der Waals surface area contributed by atoms with E-state index in [1.807, 2.05) is 18.2 Å². The summed E-state index contributed by atoms with van der Waals surface area (Å²) in [4.78, 5) is 12.4. The van der Waals surface area contributed by atoms with E-state index in [-0.39, 0.29) is 5.02 Å². The molecule has 3 N–H and O–H groups in total. The topological polar surface area (TPSA) is 91.4 Å². The summed E-state index contributed by atoms with van der Waals surface area (Å²) in [5.74, 6) is 0.193. The summed E-state index contributed by atoms with van der Waals surface area (Å²) in [6, 6.07) is 9.99. The van der Waals surface area contributed by atoms with Crippen molar-refractivity contribution in [2.24, 2.45) is 0 Å². The van der Waals surface area contributed by atoms with Crippen LogP contribution in [-0.2, 0) is 0 Å². The fourth-order valence-electron chi connectivity index (χ4n) is 2.27. The number of aromatic amines is 1. The van der Waals surface area contributed by atoms with Crippen LogP contribution in [0.25, 0.3) is 10.9 Å². The number of nitrogens with zero attached hydrogens (tertiary/aromatic N) is 4. The Morgan fingerprint density at radius 2 is 1.68 bits per heavy atom. The van der Waals surface area contributed by atoms with Crippen LogP contribution >= 0.6 is 11.6 Å². The summed E-state index contributed by atoms with van der Waals surface area (Å²) in [7, 11) is 0. The minimum atomic E-state index is -0.486. The van der Waals surface area contributed by atoms with Crippen LogP contribution in [0.2, 0.25) is 5.02 Å². The van der Waals surface area contributed by atoms with Crippen molar-refractivity contribution in [2.45, 2.75) is 0 Å². The molecule has 7 nitrogen and oxygen atoms in total. The summed E-state index contributed by atoms with van der Waals surface area (Å²) >= 11 is 5.77. The SMILES string of the molecule is Fc1ccc(Nc2ncnc(Nc3ccc4[nH]ncc4c3)n2)cc1Cl. The van der Waals surface area contributed by atoms with Gasteiger partial charge in [-0.2, -0.15) is 10.1 Å². The van der Waals surface area contributed by atoms with Crippen LogP contribution in [0, 0.1) is 5.82 Å². The lowest BCUT2D eigenvalue weighted by atomic mass is 10.2. The molecule has 0 fully saturated rings. The first-order valence-corrected chi connectivity index (χ1v) is 7.66. The van der Waals surface area contributed by atoms with Crippen molar-refractivity contribution in [1.82, 2.24) is 25.1 Å². The number of aromatic nitrogens is 5. The van der Waals surface area contributed by atoms with Crippen LogP contribution in [0.15, 0.2) is 48.9 Å². The zero-order valence-electron chi connectivity index (χ0n) is 12.7.